The minimum atomic E-state index is 0.216. The number of nitrogen functional groups attached to an aromatic ring is 1. The predicted octanol–water partition coefficient (Wildman–Crippen LogP) is 4.09. The summed E-state index contributed by atoms with van der Waals surface area (Å²) in [6, 6.07) is 23.3. The molecule has 3 N–H and O–H groups in total. The van der Waals surface area contributed by atoms with E-state index in [1.807, 2.05) is 48.5 Å². The molecule has 1 fully saturated rings. The van der Waals surface area contributed by atoms with Gasteiger partial charge in [-0.3, -0.25) is 14.8 Å². The fourth-order valence-electron chi connectivity index (χ4n) is 4.40. The number of nitrogens with two attached hydrogens (primary N) is 1. The molecule has 39 heavy (non-hydrogen) atoms. The van der Waals surface area contributed by atoms with E-state index in [2.05, 4.69) is 26.9 Å². The first-order valence-corrected chi connectivity index (χ1v) is 13.6. The molecular formula is C31H40N4O4. The van der Waals surface area contributed by atoms with Crippen LogP contribution in [0.25, 0.3) is 0 Å². The van der Waals surface area contributed by atoms with Gasteiger partial charge >= 0.3 is 0 Å². The first-order chi connectivity index (χ1) is 19.2. The van der Waals surface area contributed by atoms with Crippen molar-refractivity contribution in [3.8, 4) is 5.75 Å². The Labute approximate surface area is 231 Å². The number of ether oxygens (including phenoxy) is 3. The zero-order chi connectivity index (χ0) is 27.1. The van der Waals surface area contributed by atoms with Crippen molar-refractivity contribution in [3.63, 3.8) is 0 Å². The van der Waals surface area contributed by atoms with Crippen molar-refractivity contribution in [3.05, 3.63) is 89.5 Å². The molecule has 0 amide bonds. The van der Waals surface area contributed by atoms with E-state index in [-0.39, 0.29) is 5.75 Å². The lowest BCUT2D eigenvalue weighted by Gasteiger charge is -2.24. The Kier molecular flexibility index (Phi) is 11.8. The smallest absolute Gasteiger partial charge is 0.124 e. The molecule has 208 valence electrons. The second-order valence-corrected chi connectivity index (χ2v) is 9.53. The van der Waals surface area contributed by atoms with Gasteiger partial charge in [-0.15, -0.1) is 0 Å². The van der Waals surface area contributed by atoms with Crippen LogP contribution in [0.15, 0.2) is 77.8 Å². The zero-order valence-corrected chi connectivity index (χ0v) is 22.6. The number of hydrogen-bond acceptors (Lipinski definition) is 8. The summed E-state index contributed by atoms with van der Waals surface area (Å²) >= 11 is 0. The summed E-state index contributed by atoms with van der Waals surface area (Å²) in [5.74, 6) is 0.216. The zero-order valence-electron chi connectivity index (χ0n) is 22.6. The van der Waals surface area contributed by atoms with Gasteiger partial charge in [-0.1, -0.05) is 48.5 Å². The Morgan fingerprint density at radius 3 is 1.82 bits per heavy atom. The molecule has 3 aromatic rings. The molecule has 0 bridgehead atoms. The molecule has 1 aliphatic rings. The molecule has 1 heterocycles. The minimum Gasteiger partial charge on any atom is -0.507 e. The van der Waals surface area contributed by atoms with Gasteiger partial charge in [-0.2, -0.15) is 0 Å². The van der Waals surface area contributed by atoms with Crippen molar-refractivity contribution in [2.75, 3.05) is 71.6 Å². The highest BCUT2D eigenvalue weighted by atomic mass is 16.5. The Hall–Kier alpha value is -3.27. The van der Waals surface area contributed by atoms with E-state index in [1.165, 1.54) is 0 Å². The molecule has 0 aromatic heterocycles. The standard InChI is InChI=1S/C31H40N4O4/c32-29-10-4-1-8-27(29)24-34-13-17-37-18-14-35(16-20-39-22-21-38-19-15-34)25-28-9-2-5-11-30(28)33-23-26-7-3-6-12-31(26)36/h1-12,23,36H,13-22,24-25,32H2. The Morgan fingerprint density at radius 1 is 0.667 bits per heavy atom. The third kappa shape index (κ3) is 9.76. The maximum Gasteiger partial charge on any atom is 0.124 e. The molecule has 0 spiro atoms. The van der Waals surface area contributed by atoms with E-state index in [9.17, 15) is 5.11 Å². The highest BCUT2D eigenvalue weighted by Crippen LogP contribution is 2.22. The SMILES string of the molecule is Nc1ccccc1CN1CCOCCOCCN(Cc2ccccc2N=Cc2ccccc2O)CCOCC1. The predicted molar refractivity (Wildman–Crippen MR) is 156 cm³/mol. The van der Waals surface area contributed by atoms with Crippen molar-refractivity contribution in [1.29, 1.82) is 0 Å². The maximum atomic E-state index is 10.1. The number of hydrogen-bond donors (Lipinski definition) is 2. The van der Waals surface area contributed by atoms with Crippen LogP contribution in [0.4, 0.5) is 11.4 Å². The highest BCUT2D eigenvalue weighted by molar-refractivity contribution is 5.85. The minimum absolute atomic E-state index is 0.216. The average molecular weight is 533 g/mol. The summed E-state index contributed by atoms with van der Waals surface area (Å²) in [6.07, 6.45) is 1.71. The molecule has 8 heteroatoms. The lowest BCUT2D eigenvalue weighted by atomic mass is 10.1. The fourth-order valence-corrected chi connectivity index (χ4v) is 4.40. The molecule has 0 saturated carbocycles. The number of aliphatic imine (C=N–C) groups is 1. The second-order valence-electron chi connectivity index (χ2n) is 9.53. The van der Waals surface area contributed by atoms with Gasteiger partial charge in [0.25, 0.3) is 0 Å². The lowest BCUT2D eigenvalue weighted by Crippen LogP contribution is -2.33. The van der Waals surface area contributed by atoms with E-state index in [0.29, 0.717) is 45.2 Å². The van der Waals surface area contributed by atoms with Crippen molar-refractivity contribution < 1.29 is 19.3 Å². The summed E-state index contributed by atoms with van der Waals surface area (Å²) < 4.78 is 17.8. The number of rotatable bonds is 6. The molecule has 1 saturated heterocycles. The van der Waals surface area contributed by atoms with Crippen LogP contribution in [0.5, 0.6) is 5.75 Å². The summed E-state index contributed by atoms with van der Waals surface area (Å²) in [4.78, 5) is 9.34. The number of para-hydroxylation sites is 3. The summed E-state index contributed by atoms with van der Waals surface area (Å²) in [7, 11) is 0. The number of benzene rings is 3. The molecule has 0 radical (unpaired) electrons. The van der Waals surface area contributed by atoms with Crippen LogP contribution in [0.2, 0.25) is 0 Å². The molecule has 0 aliphatic carbocycles. The molecule has 8 nitrogen and oxygen atoms in total. The third-order valence-electron chi connectivity index (χ3n) is 6.69. The molecule has 1 aliphatic heterocycles. The molecular weight excluding hydrogens is 492 g/mol. The molecule has 0 atom stereocenters. The van der Waals surface area contributed by atoms with Crippen LogP contribution in [-0.4, -0.2) is 86.9 Å². The fraction of sp³-hybridized carbons (Fsp3) is 0.387. The number of phenolic OH excluding ortho intramolecular Hbond substituents is 1. The van der Waals surface area contributed by atoms with Gasteiger partial charge in [0.2, 0.25) is 0 Å². The maximum absolute atomic E-state index is 10.1. The van der Waals surface area contributed by atoms with Crippen LogP contribution < -0.4 is 5.73 Å². The van der Waals surface area contributed by atoms with Crippen LogP contribution in [0, 0.1) is 0 Å². The summed E-state index contributed by atoms with van der Waals surface area (Å²) in [5.41, 5.74) is 10.8. The van der Waals surface area contributed by atoms with E-state index in [0.717, 1.165) is 61.8 Å². The molecule has 4 rings (SSSR count). The van der Waals surface area contributed by atoms with Gasteiger partial charge < -0.3 is 25.1 Å². The molecule has 3 aromatic carbocycles. The topological polar surface area (TPSA) is 92.8 Å². The Balaban J connectivity index is 1.36. The monoisotopic (exact) mass is 532 g/mol. The summed E-state index contributed by atoms with van der Waals surface area (Å²) in [5, 5.41) is 10.1. The first kappa shape index (κ1) is 28.7. The van der Waals surface area contributed by atoms with Gasteiger partial charge in [0, 0.05) is 56.7 Å². The third-order valence-corrected chi connectivity index (χ3v) is 6.69. The lowest BCUT2D eigenvalue weighted by molar-refractivity contribution is 0.0311. The first-order valence-electron chi connectivity index (χ1n) is 13.6. The van der Waals surface area contributed by atoms with Crippen molar-refractivity contribution in [1.82, 2.24) is 9.80 Å². The average Bonchev–Trinajstić information content (AvgIpc) is 2.95. The van der Waals surface area contributed by atoms with Gasteiger partial charge in [0.1, 0.15) is 5.75 Å². The van der Waals surface area contributed by atoms with Gasteiger partial charge in [0.15, 0.2) is 0 Å². The van der Waals surface area contributed by atoms with Crippen LogP contribution in [0.1, 0.15) is 16.7 Å². The number of anilines is 1. The highest BCUT2D eigenvalue weighted by Gasteiger charge is 2.12. The summed E-state index contributed by atoms with van der Waals surface area (Å²) in [6.45, 7) is 8.31. The van der Waals surface area contributed by atoms with Gasteiger partial charge in [0.05, 0.1) is 45.3 Å². The largest absolute Gasteiger partial charge is 0.507 e. The molecule has 0 unspecified atom stereocenters. The number of aromatic hydroxyl groups is 1. The number of phenols is 1. The van der Waals surface area contributed by atoms with E-state index in [1.54, 1.807) is 18.3 Å². The van der Waals surface area contributed by atoms with E-state index < -0.39 is 0 Å². The van der Waals surface area contributed by atoms with Crippen LogP contribution in [-0.2, 0) is 27.3 Å². The Morgan fingerprint density at radius 2 is 1.18 bits per heavy atom. The van der Waals surface area contributed by atoms with E-state index in [4.69, 9.17) is 19.9 Å². The quantitative estimate of drug-likeness (QED) is 0.365. The Bertz CT molecular complexity index is 1170. The van der Waals surface area contributed by atoms with Crippen LogP contribution in [0.3, 0.4) is 0 Å². The normalized spacial score (nSPS) is 17.5. The van der Waals surface area contributed by atoms with Gasteiger partial charge in [-0.25, -0.2) is 0 Å². The van der Waals surface area contributed by atoms with Crippen molar-refractivity contribution >= 4 is 17.6 Å². The van der Waals surface area contributed by atoms with Crippen molar-refractivity contribution in [2.45, 2.75) is 13.1 Å². The van der Waals surface area contributed by atoms with Crippen LogP contribution >= 0.6 is 0 Å². The number of nitrogens with zero attached hydrogens (tertiary/aromatic N) is 3. The van der Waals surface area contributed by atoms with E-state index >= 15 is 0 Å². The van der Waals surface area contributed by atoms with Crippen molar-refractivity contribution in [2.24, 2.45) is 4.99 Å². The second kappa shape index (κ2) is 16.0. The van der Waals surface area contributed by atoms with Gasteiger partial charge in [-0.05, 0) is 35.4 Å².